The fraction of sp³-hybridized carbons (Fsp3) is 0.250. The Morgan fingerprint density at radius 3 is 2.40 bits per heavy atom. The molecule has 1 saturated heterocycles. The number of hydrogen-bond donors (Lipinski definition) is 2. The number of halogens is 4. The SMILES string of the molecule is NC(=O)N(c1ccc(Cl)cc1Cl)N1CCN(c2ccc(OCC(O)(Cn3cncn3)c3ccc(F)cc3F)cc2)CC1. The van der Waals surface area contributed by atoms with Crippen molar-refractivity contribution >= 4 is 40.6 Å². The minimum Gasteiger partial charge on any atom is -0.490 e. The van der Waals surface area contributed by atoms with Crippen molar-refractivity contribution in [3.05, 3.63) is 101 Å². The van der Waals surface area contributed by atoms with Crippen LogP contribution in [0.15, 0.2) is 73.3 Å². The van der Waals surface area contributed by atoms with E-state index >= 15 is 0 Å². The van der Waals surface area contributed by atoms with Crippen molar-refractivity contribution in [2.75, 3.05) is 42.7 Å². The van der Waals surface area contributed by atoms with Crippen LogP contribution in [0.25, 0.3) is 0 Å². The highest BCUT2D eigenvalue weighted by molar-refractivity contribution is 6.36. The fourth-order valence-corrected chi connectivity index (χ4v) is 5.32. The Bertz CT molecular complexity index is 1540. The second kappa shape index (κ2) is 12.5. The number of nitrogens with two attached hydrogens (primary N) is 1. The number of aromatic nitrogens is 3. The van der Waals surface area contributed by atoms with Crippen LogP contribution in [0.5, 0.6) is 5.75 Å². The third-order valence-corrected chi connectivity index (χ3v) is 7.43. The Morgan fingerprint density at radius 1 is 1.05 bits per heavy atom. The number of anilines is 2. The van der Waals surface area contributed by atoms with Gasteiger partial charge in [-0.05, 0) is 48.5 Å². The van der Waals surface area contributed by atoms with E-state index in [2.05, 4.69) is 15.0 Å². The van der Waals surface area contributed by atoms with Crippen molar-refractivity contribution in [1.29, 1.82) is 0 Å². The van der Waals surface area contributed by atoms with Gasteiger partial charge in [-0.3, -0.25) is 0 Å². The van der Waals surface area contributed by atoms with E-state index in [-0.39, 0.29) is 18.7 Å². The summed E-state index contributed by atoms with van der Waals surface area (Å²) in [5, 5.41) is 19.4. The lowest BCUT2D eigenvalue weighted by Crippen LogP contribution is -2.57. The molecule has 1 unspecified atom stereocenters. The molecule has 2 amide bonds. The number of hydrazine groups is 1. The zero-order chi connectivity index (χ0) is 29.9. The first-order valence-corrected chi connectivity index (χ1v) is 13.7. The molecule has 1 aliphatic heterocycles. The molecule has 1 aliphatic rings. The van der Waals surface area contributed by atoms with E-state index in [1.54, 1.807) is 30.3 Å². The van der Waals surface area contributed by atoms with Crippen molar-refractivity contribution in [2.45, 2.75) is 12.1 Å². The quantitative estimate of drug-likeness (QED) is 0.285. The van der Waals surface area contributed by atoms with E-state index in [1.165, 1.54) is 28.4 Å². The van der Waals surface area contributed by atoms with Gasteiger partial charge in [0, 0.05) is 48.5 Å². The molecular weight excluding hydrogens is 591 g/mol. The number of urea groups is 1. The lowest BCUT2D eigenvalue weighted by Gasteiger charge is -2.41. The summed E-state index contributed by atoms with van der Waals surface area (Å²) in [4.78, 5) is 18.3. The molecule has 0 bridgehead atoms. The third-order valence-electron chi connectivity index (χ3n) is 6.89. The van der Waals surface area contributed by atoms with Crippen LogP contribution in [-0.4, -0.2) is 63.7 Å². The highest BCUT2D eigenvalue weighted by Gasteiger charge is 2.35. The molecule has 1 atom stereocenters. The molecule has 3 N–H and O–H groups in total. The summed E-state index contributed by atoms with van der Waals surface area (Å²) >= 11 is 12.3. The van der Waals surface area contributed by atoms with Gasteiger partial charge in [0.1, 0.15) is 42.2 Å². The van der Waals surface area contributed by atoms with Crippen LogP contribution in [0.1, 0.15) is 5.56 Å². The van der Waals surface area contributed by atoms with Gasteiger partial charge in [0.05, 0.1) is 17.3 Å². The molecular formula is C28H27Cl2F2N7O3. The number of rotatable bonds is 9. The van der Waals surface area contributed by atoms with Crippen molar-refractivity contribution in [2.24, 2.45) is 5.73 Å². The minimum absolute atomic E-state index is 0.126. The molecule has 10 nitrogen and oxygen atoms in total. The number of aliphatic hydroxyl groups is 1. The summed E-state index contributed by atoms with van der Waals surface area (Å²) in [6.45, 7) is 1.69. The Morgan fingerprint density at radius 2 is 1.79 bits per heavy atom. The first-order valence-electron chi connectivity index (χ1n) is 12.9. The normalized spacial score (nSPS) is 15.3. The Hall–Kier alpha value is -3.97. The van der Waals surface area contributed by atoms with Crippen molar-refractivity contribution < 1.29 is 23.4 Å². The number of hydrogen-bond acceptors (Lipinski definition) is 7. The van der Waals surface area contributed by atoms with Gasteiger partial charge in [-0.15, -0.1) is 0 Å². The summed E-state index contributed by atoms with van der Waals surface area (Å²) in [5.74, 6) is -1.22. The van der Waals surface area contributed by atoms with E-state index < -0.39 is 23.3 Å². The lowest BCUT2D eigenvalue weighted by molar-refractivity contribution is -0.0297. The van der Waals surface area contributed by atoms with Crippen LogP contribution in [0.2, 0.25) is 10.0 Å². The molecule has 4 aromatic rings. The number of nitrogens with zero attached hydrogens (tertiary/aromatic N) is 6. The van der Waals surface area contributed by atoms with E-state index in [1.807, 2.05) is 17.1 Å². The van der Waals surface area contributed by atoms with Crippen LogP contribution >= 0.6 is 23.2 Å². The predicted octanol–water partition coefficient (Wildman–Crippen LogP) is 4.45. The topological polar surface area (TPSA) is 113 Å². The van der Waals surface area contributed by atoms with Gasteiger partial charge in [0.25, 0.3) is 0 Å². The minimum atomic E-state index is -1.86. The first kappa shape index (κ1) is 29.5. The number of primary amides is 1. The molecule has 3 aromatic carbocycles. The maximum absolute atomic E-state index is 14.7. The van der Waals surface area contributed by atoms with Crippen LogP contribution < -0.4 is 20.4 Å². The molecule has 14 heteroatoms. The van der Waals surface area contributed by atoms with Gasteiger partial charge in [-0.1, -0.05) is 29.3 Å². The number of carbonyl (C=O) groups excluding carboxylic acids is 1. The van der Waals surface area contributed by atoms with E-state index in [0.29, 0.717) is 53.7 Å². The van der Waals surface area contributed by atoms with Gasteiger partial charge < -0.3 is 20.5 Å². The number of ether oxygens (including phenoxy) is 1. The number of amides is 2. The second-order valence-electron chi connectivity index (χ2n) is 9.72. The monoisotopic (exact) mass is 617 g/mol. The van der Waals surface area contributed by atoms with Crippen LogP contribution in [-0.2, 0) is 12.1 Å². The smallest absolute Gasteiger partial charge is 0.334 e. The number of benzene rings is 3. The molecule has 1 aromatic heterocycles. The second-order valence-corrected chi connectivity index (χ2v) is 10.6. The van der Waals surface area contributed by atoms with Crippen molar-refractivity contribution in [3.63, 3.8) is 0 Å². The van der Waals surface area contributed by atoms with Crippen molar-refractivity contribution in [1.82, 2.24) is 19.8 Å². The molecule has 220 valence electrons. The molecule has 0 aliphatic carbocycles. The molecule has 0 spiro atoms. The van der Waals surface area contributed by atoms with Gasteiger partial charge >= 0.3 is 6.03 Å². The molecule has 0 radical (unpaired) electrons. The third kappa shape index (κ3) is 6.57. The Balaban J connectivity index is 1.24. The predicted molar refractivity (Wildman–Crippen MR) is 155 cm³/mol. The van der Waals surface area contributed by atoms with Gasteiger partial charge in [-0.25, -0.2) is 33.3 Å². The standard InChI is InChI=1S/C28H27Cl2F2N7O3/c29-19-1-8-26(24(30)13-19)39(27(33)40)38-11-9-36(10-12-38)21-3-5-22(6-4-21)42-16-28(41,15-37-18-34-17-35-37)23-7-2-20(31)14-25(23)32/h1-8,13-14,17-18,41H,9-12,15-16H2,(H2,33,40). The zero-order valence-electron chi connectivity index (χ0n) is 22.2. The van der Waals surface area contributed by atoms with Gasteiger partial charge in [0.2, 0.25) is 0 Å². The molecule has 0 saturated carbocycles. The maximum Gasteiger partial charge on any atom is 0.334 e. The molecule has 5 rings (SSSR count). The summed E-state index contributed by atoms with van der Waals surface area (Å²) in [6, 6.07) is 14.4. The largest absolute Gasteiger partial charge is 0.490 e. The van der Waals surface area contributed by atoms with Gasteiger partial charge in [-0.2, -0.15) is 5.10 Å². The zero-order valence-corrected chi connectivity index (χ0v) is 23.7. The first-order chi connectivity index (χ1) is 20.1. The van der Waals surface area contributed by atoms with E-state index in [4.69, 9.17) is 33.7 Å². The highest BCUT2D eigenvalue weighted by Crippen LogP contribution is 2.32. The molecule has 1 fully saturated rings. The van der Waals surface area contributed by atoms with Crippen LogP contribution in [0.4, 0.5) is 25.0 Å². The lowest BCUT2D eigenvalue weighted by atomic mass is 9.94. The summed E-state index contributed by atoms with van der Waals surface area (Å²) in [6.07, 6.45) is 2.67. The van der Waals surface area contributed by atoms with E-state index in [0.717, 1.165) is 11.8 Å². The Labute approximate surface area is 250 Å². The fourth-order valence-electron chi connectivity index (χ4n) is 4.83. The number of piperazine rings is 1. The van der Waals surface area contributed by atoms with Crippen LogP contribution in [0, 0.1) is 11.6 Å². The maximum atomic E-state index is 14.7. The van der Waals surface area contributed by atoms with Gasteiger partial charge in [0.15, 0.2) is 0 Å². The summed E-state index contributed by atoms with van der Waals surface area (Å²) in [7, 11) is 0. The average molecular weight is 618 g/mol. The van der Waals surface area contributed by atoms with Crippen molar-refractivity contribution in [3.8, 4) is 5.75 Å². The summed E-state index contributed by atoms with van der Waals surface area (Å²) < 4.78 is 35.4. The average Bonchev–Trinajstić information content (AvgIpc) is 3.46. The number of carbonyl (C=O) groups is 1. The summed E-state index contributed by atoms with van der Waals surface area (Å²) in [5.41, 5.74) is 5.06. The Kier molecular flexibility index (Phi) is 8.78. The highest BCUT2D eigenvalue weighted by atomic mass is 35.5. The van der Waals surface area contributed by atoms with E-state index in [9.17, 15) is 18.7 Å². The van der Waals surface area contributed by atoms with Crippen LogP contribution in [0.3, 0.4) is 0 Å². The molecule has 2 heterocycles. The molecule has 42 heavy (non-hydrogen) atoms.